The van der Waals surface area contributed by atoms with E-state index in [1.807, 2.05) is 24.3 Å². The maximum atomic E-state index is 12.6. The molecule has 0 spiro atoms. The Morgan fingerprint density at radius 1 is 1.37 bits per heavy atom. The Kier molecular flexibility index (Phi) is 5.31. The summed E-state index contributed by atoms with van der Waals surface area (Å²) in [4.78, 5) is 17.0. The van der Waals surface area contributed by atoms with Crippen molar-refractivity contribution in [3.63, 3.8) is 0 Å². The van der Waals surface area contributed by atoms with Crippen LogP contribution in [0.1, 0.15) is 30.1 Å². The van der Waals surface area contributed by atoms with Gasteiger partial charge in [-0.3, -0.25) is 4.79 Å². The molecule has 9 nitrogen and oxygen atoms in total. The van der Waals surface area contributed by atoms with Crippen LogP contribution >= 0.6 is 0 Å². The van der Waals surface area contributed by atoms with Crippen molar-refractivity contribution in [1.82, 2.24) is 19.8 Å². The lowest BCUT2D eigenvalue weighted by atomic mass is 9.80. The number of carbonyl (C=O) groups is 1. The van der Waals surface area contributed by atoms with Gasteiger partial charge in [0.05, 0.1) is 25.2 Å². The number of aromatic nitrogens is 2. The van der Waals surface area contributed by atoms with Crippen LogP contribution in [0.15, 0.2) is 28.8 Å². The summed E-state index contributed by atoms with van der Waals surface area (Å²) in [6, 6.07) is 7.32. The summed E-state index contributed by atoms with van der Waals surface area (Å²) in [6.45, 7) is 2.43. The molecule has 1 saturated heterocycles. The summed E-state index contributed by atoms with van der Waals surface area (Å²) in [5.74, 6) is 1.67. The van der Waals surface area contributed by atoms with E-state index < -0.39 is 15.4 Å². The van der Waals surface area contributed by atoms with Gasteiger partial charge in [-0.15, -0.1) is 0 Å². The van der Waals surface area contributed by atoms with Gasteiger partial charge in [0.15, 0.2) is 5.82 Å². The van der Waals surface area contributed by atoms with Crippen LogP contribution in [0.25, 0.3) is 0 Å². The van der Waals surface area contributed by atoms with E-state index in [-0.39, 0.29) is 24.3 Å². The molecular weight excluding hydrogens is 408 g/mol. The lowest BCUT2D eigenvalue weighted by molar-refractivity contribution is -0.121. The van der Waals surface area contributed by atoms with Gasteiger partial charge in [0.25, 0.3) is 0 Å². The van der Waals surface area contributed by atoms with Gasteiger partial charge in [0.2, 0.25) is 21.8 Å². The first-order valence-corrected chi connectivity index (χ1v) is 11.7. The van der Waals surface area contributed by atoms with Crippen molar-refractivity contribution in [3.8, 4) is 5.75 Å². The van der Waals surface area contributed by atoms with Crippen molar-refractivity contribution in [2.45, 2.75) is 37.6 Å². The van der Waals surface area contributed by atoms with Gasteiger partial charge in [-0.1, -0.05) is 17.3 Å². The molecule has 4 rings (SSSR count). The fourth-order valence-electron chi connectivity index (χ4n) is 4.73. The molecular formula is C20H26N4O5S. The molecule has 1 aromatic carbocycles. The smallest absolute Gasteiger partial charge is 0.234 e. The standard InChI is InChI=1S/C20H26N4O5S/c1-13-21-19(29-23-13)20-10-16(9-15(20)11-24(12-20)30(3,26)27)22-18(25)8-14-4-6-17(28-2)7-5-14/h4-7,15-16H,8-12H2,1-3H3,(H,22,25)/t15?,16-,20+/m1/s1. The number of carbonyl (C=O) groups excluding carboxylic acids is 1. The van der Waals surface area contributed by atoms with Crippen LogP contribution in [0.5, 0.6) is 5.75 Å². The Bertz CT molecular complexity index is 1040. The Morgan fingerprint density at radius 2 is 2.10 bits per heavy atom. The number of benzene rings is 1. The van der Waals surface area contributed by atoms with Gasteiger partial charge in [-0.05, 0) is 43.4 Å². The maximum Gasteiger partial charge on any atom is 0.234 e. The van der Waals surface area contributed by atoms with Crippen molar-refractivity contribution in [3.05, 3.63) is 41.5 Å². The fourth-order valence-corrected chi connectivity index (χ4v) is 5.64. The minimum Gasteiger partial charge on any atom is -0.497 e. The van der Waals surface area contributed by atoms with Crippen LogP contribution in [0.4, 0.5) is 0 Å². The SMILES string of the molecule is COc1ccc(CC(=O)N[C@@H]2CC3CN(S(C)(=O)=O)C[C@@]3(c3nc(C)no3)C2)cc1. The molecule has 1 amide bonds. The number of fused-ring (bicyclic) bond motifs is 1. The van der Waals surface area contributed by atoms with Crippen molar-refractivity contribution < 1.29 is 22.5 Å². The van der Waals surface area contributed by atoms with Crippen LogP contribution in [0.3, 0.4) is 0 Å². The molecule has 0 radical (unpaired) electrons. The highest BCUT2D eigenvalue weighted by atomic mass is 32.2. The summed E-state index contributed by atoms with van der Waals surface area (Å²) in [7, 11) is -1.72. The molecule has 1 aliphatic carbocycles. The normalized spacial score (nSPS) is 26.5. The van der Waals surface area contributed by atoms with Crippen molar-refractivity contribution >= 4 is 15.9 Å². The van der Waals surface area contributed by atoms with E-state index in [0.717, 1.165) is 11.3 Å². The van der Waals surface area contributed by atoms with E-state index in [9.17, 15) is 13.2 Å². The zero-order valence-electron chi connectivity index (χ0n) is 17.3. The zero-order valence-corrected chi connectivity index (χ0v) is 18.1. The predicted molar refractivity (Wildman–Crippen MR) is 108 cm³/mol. The number of hydrogen-bond acceptors (Lipinski definition) is 7. The van der Waals surface area contributed by atoms with E-state index >= 15 is 0 Å². The summed E-state index contributed by atoms with van der Waals surface area (Å²) in [5.41, 5.74) is 0.333. The molecule has 30 heavy (non-hydrogen) atoms. The number of nitrogens with zero attached hydrogens (tertiary/aromatic N) is 3. The lowest BCUT2D eigenvalue weighted by Crippen LogP contribution is -2.39. The van der Waals surface area contributed by atoms with Crippen LogP contribution in [0.2, 0.25) is 0 Å². The summed E-state index contributed by atoms with van der Waals surface area (Å²) >= 11 is 0. The number of rotatable bonds is 6. The molecule has 2 aliphatic rings. The van der Waals surface area contributed by atoms with Gasteiger partial charge in [-0.25, -0.2) is 12.7 Å². The summed E-state index contributed by atoms with van der Waals surface area (Å²) in [6.07, 6.45) is 2.73. The van der Waals surface area contributed by atoms with Crippen LogP contribution in [-0.2, 0) is 26.7 Å². The molecule has 1 aliphatic heterocycles. The van der Waals surface area contributed by atoms with Gasteiger partial charge < -0.3 is 14.6 Å². The molecule has 2 aromatic rings. The van der Waals surface area contributed by atoms with Crippen molar-refractivity contribution in [1.29, 1.82) is 0 Å². The number of amides is 1. The Labute approximate surface area is 175 Å². The number of nitrogens with one attached hydrogen (secondary N) is 1. The van der Waals surface area contributed by atoms with E-state index in [1.165, 1.54) is 10.6 Å². The molecule has 1 saturated carbocycles. The molecule has 2 fully saturated rings. The highest BCUT2D eigenvalue weighted by Crippen LogP contribution is 2.50. The third-order valence-corrected chi connectivity index (χ3v) is 7.37. The monoisotopic (exact) mass is 434 g/mol. The lowest BCUT2D eigenvalue weighted by Gasteiger charge is -2.24. The van der Waals surface area contributed by atoms with Gasteiger partial charge >= 0.3 is 0 Å². The topological polar surface area (TPSA) is 115 Å². The van der Waals surface area contributed by atoms with E-state index in [1.54, 1.807) is 14.0 Å². The molecule has 1 unspecified atom stereocenters. The first-order valence-electron chi connectivity index (χ1n) is 9.88. The maximum absolute atomic E-state index is 12.6. The second kappa shape index (κ2) is 7.66. The predicted octanol–water partition coefficient (Wildman–Crippen LogP) is 1.04. The molecule has 0 bridgehead atoms. The first kappa shape index (κ1) is 20.8. The van der Waals surface area contributed by atoms with Gasteiger partial charge in [0.1, 0.15) is 5.75 Å². The fraction of sp³-hybridized carbons (Fsp3) is 0.550. The summed E-state index contributed by atoms with van der Waals surface area (Å²) in [5, 5.41) is 7.02. The Morgan fingerprint density at radius 3 is 2.70 bits per heavy atom. The zero-order chi connectivity index (χ0) is 21.5. The van der Waals surface area contributed by atoms with Crippen LogP contribution in [0, 0.1) is 12.8 Å². The largest absolute Gasteiger partial charge is 0.497 e. The quantitative estimate of drug-likeness (QED) is 0.722. The molecule has 10 heteroatoms. The number of hydrogen-bond donors (Lipinski definition) is 1. The molecule has 2 heterocycles. The molecule has 1 N–H and O–H groups in total. The number of aryl methyl sites for hydroxylation is 1. The third-order valence-electron chi connectivity index (χ3n) is 6.16. The van der Waals surface area contributed by atoms with Gasteiger partial charge in [0, 0.05) is 19.1 Å². The minimum atomic E-state index is -3.33. The first-order chi connectivity index (χ1) is 14.2. The van der Waals surface area contributed by atoms with E-state index in [2.05, 4.69) is 15.5 Å². The average Bonchev–Trinajstić information content (AvgIpc) is 3.34. The third kappa shape index (κ3) is 3.93. The summed E-state index contributed by atoms with van der Waals surface area (Å²) < 4.78 is 36.4. The molecule has 3 atom stereocenters. The van der Waals surface area contributed by atoms with Crippen molar-refractivity contribution in [2.24, 2.45) is 5.92 Å². The van der Waals surface area contributed by atoms with Gasteiger partial charge in [-0.2, -0.15) is 4.98 Å². The Hall–Kier alpha value is -2.46. The van der Waals surface area contributed by atoms with E-state index in [4.69, 9.17) is 9.26 Å². The van der Waals surface area contributed by atoms with Crippen LogP contribution < -0.4 is 10.1 Å². The second-order valence-electron chi connectivity index (χ2n) is 8.28. The molecule has 162 valence electrons. The van der Waals surface area contributed by atoms with Crippen molar-refractivity contribution in [2.75, 3.05) is 26.5 Å². The Balaban J connectivity index is 1.48. The highest BCUT2D eigenvalue weighted by molar-refractivity contribution is 7.88. The second-order valence-corrected chi connectivity index (χ2v) is 10.3. The molecule has 1 aromatic heterocycles. The minimum absolute atomic E-state index is 0.0124. The highest BCUT2D eigenvalue weighted by Gasteiger charge is 2.58. The van der Waals surface area contributed by atoms with Crippen LogP contribution in [-0.4, -0.2) is 61.3 Å². The van der Waals surface area contributed by atoms with E-state index in [0.29, 0.717) is 37.6 Å². The average molecular weight is 435 g/mol. The number of sulfonamides is 1. The number of methoxy groups -OCH3 is 1. The number of ether oxygens (including phenoxy) is 1.